The van der Waals surface area contributed by atoms with E-state index >= 15 is 0 Å². The number of hydrogen-bond acceptors (Lipinski definition) is 3. The van der Waals surface area contributed by atoms with Gasteiger partial charge >= 0.3 is 0 Å². The second kappa shape index (κ2) is 9.15. The molecule has 0 aromatic carbocycles. The maximum absolute atomic E-state index is 5.51. The summed E-state index contributed by atoms with van der Waals surface area (Å²) >= 11 is 0. The van der Waals surface area contributed by atoms with Crippen molar-refractivity contribution in [2.75, 3.05) is 47.4 Å². The lowest BCUT2D eigenvalue weighted by Gasteiger charge is -2.43. The molecule has 0 bridgehead atoms. The van der Waals surface area contributed by atoms with Crippen molar-refractivity contribution in [1.82, 2.24) is 15.5 Å². The van der Waals surface area contributed by atoms with E-state index in [9.17, 15) is 0 Å². The second-order valence-electron chi connectivity index (χ2n) is 6.33. The Morgan fingerprint density at radius 2 is 1.90 bits per heavy atom. The molecule has 1 aliphatic heterocycles. The fraction of sp³-hybridized carbons (Fsp3) is 0.933. The number of guanidine groups is 1. The van der Waals surface area contributed by atoms with Crippen LogP contribution in [0.2, 0.25) is 0 Å². The minimum absolute atomic E-state index is 0. The van der Waals surface area contributed by atoms with Crippen molar-refractivity contribution in [2.24, 2.45) is 10.9 Å². The smallest absolute Gasteiger partial charge is 0.191 e. The van der Waals surface area contributed by atoms with E-state index in [-0.39, 0.29) is 29.5 Å². The molecule has 6 heteroatoms. The van der Waals surface area contributed by atoms with Crippen LogP contribution in [-0.4, -0.2) is 63.8 Å². The standard InChI is InChI=1S/C15H30N4O.HI/c1-16-14(17-11-13-5-4-6-13)18-12-15(19(2)3)7-9-20-10-8-15;/h13H,4-12H2,1-3H3,(H2,16,17,18);1H. The van der Waals surface area contributed by atoms with Gasteiger partial charge in [0.05, 0.1) is 0 Å². The Hall–Kier alpha value is -0.0800. The van der Waals surface area contributed by atoms with Crippen LogP contribution in [0, 0.1) is 5.92 Å². The predicted molar refractivity (Wildman–Crippen MR) is 98.6 cm³/mol. The van der Waals surface area contributed by atoms with Gasteiger partial charge < -0.3 is 20.3 Å². The Kier molecular flexibility index (Phi) is 8.26. The third kappa shape index (κ3) is 5.25. The van der Waals surface area contributed by atoms with Crippen LogP contribution in [-0.2, 0) is 4.74 Å². The highest BCUT2D eigenvalue weighted by Crippen LogP contribution is 2.26. The van der Waals surface area contributed by atoms with Crippen molar-refractivity contribution in [1.29, 1.82) is 0 Å². The summed E-state index contributed by atoms with van der Waals surface area (Å²) in [5.74, 6) is 1.78. The minimum atomic E-state index is 0. The number of halogens is 1. The van der Waals surface area contributed by atoms with E-state index in [1.54, 1.807) is 0 Å². The van der Waals surface area contributed by atoms with Crippen LogP contribution in [0.25, 0.3) is 0 Å². The Labute approximate surface area is 146 Å². The zero-order valence-corrected chi connectivity index (χ0v) is 16.0. The Morgan fingerprint density at radius 1 is 1.24 bits per heavy atom. The Morgan fingerprint density at radius 3 is 2.38 bits per heavy atom. The first-order chi connectivity index (χ1) is 9.66. The van der Waals surface area contributed by atoms with E-state index in [0.29, 0.717) is 0 Å². The molecule has 1 heterocycles. The lowest BCUT2D eigenvalue weighted by Crippen LogP contribution is -2.57. The molecule has 1 saturated heterocycles. The summed E-state index contributed by atoms with van der Waals surface area (Å²) in [6, 6.07) is 0. The quantitative estimate of drug-likeness (QED) is 0.412. The van der Waals surface area contributed by atoms with Crippen LogP contribution in [0.4, 0.5) is 0 Å². The average Bonchev–Trinajstić information content (AvgIpc) is 2.41. The topological polar surface area (TPSA) is 48.9 Å². The van der Waals surface area contributed by atoms with Crippen molar-refractivity contribution in [3.8, 4) is 0 Å². The number of aliphatic imine (C=N–C) groups is 1. The van der Waals surface area contributed by atoms with Gasteiger partial charge in [0.2, 0.25) is 0 Å². The molecule has 0 radical (unpaired) electrons. The lowest BCUT2D eigenvalue weighted by molar-refractivity contribution is -0.00502. The molecule has 2 rings (SSSR count). The van der Waals surface area contributed by atoms with E-state index in [1.807, 2.05) is 7.05 Å². The van der Waals surface area contributed by atoms with Crippen molar-refractivity contribution < 1.29 is 4.74 Å². The monoisotopic (exact) mass is 410 g/mol. The molecule has 1 saturated carbocycles. The van der Waals surface area contributed by atoms with Crippen LogP contribution in [0.5, 0.6) is 0 Å². The Bertz CT molecular complexity index is 326. The fourth-order valence-electron chi connectivity index (χ4n) is 2.94. The zero-order valence-electron chi connectivity index (χ0n) is 13.7. The molecule has 2 aliphatic rings. The summed E-state index contributed by atoms with van der Waals surface area (Å²) in [4.78, 5) is 6.67. The number of ether oxygens (including phenoxy) is 1. The van der Waals surface area contributed by atoms with Crippen molar-refractivity contribution in [2.45, 2.75) is 37.6 Å². The van der Waals surface area contributed by atoms with Crippen LogP contribution in [0.1, 0.15) is 32.1 Å². The number of hydrogen-bond donors (Lipinski definition) is 2. The van der Waals surface area contributed by atoms with Gasteiger partial charge in [-0.1, -0.05) is 6.42 Å². The van der Waals surface area contributed by atoms with E-state index in [2.05, 4.69) is 34.6 Å². The van der Waals surface area contributed by atoms with Crippen LogP contribution in [0.3, 0.4) is 0 Å². The molecule has 0 amide bonds. The molecule has 0 spiro atoms. The number of nitrogens with one attached hydrogen (secondary N) is 2. The van der Waals surface area contributed by atoms with Crippen LogP contribution >= 0.6 is 24.0 Å². The molecule has 0 aromatic rings. The normalized spacial score (nSPS) is 22.4. The van der Waals surface area contributed by atoms with Gasteiger partial charge in [0.1, 0.15) is 0 Å². The summed E-state index contributed by atoms with van der Waals surface area (Å²) in [6.45, 7) is 3.69. The van der Waals surface area contributed by atoms with Gasteiger partial charge in [0.15, 0.2) is 5.96 Å². The SMILES string of the molecule is CN=C(NCC1CCC1)NCC1(N(C)C)CCOCC1.I. The first-order valence-electron chi connectivity index (χ1n) is 7.86. The molecular weight excluding hydrogens is 379 g/mol. The molecule has 0 atom stereocenters. The molecule has 2 fully saturated rings. The van der Waals surface area contributed by atoms with Gasteiger partial charge in [-0.3, -0.25) is 4.99 Å². The molecular formula is C15H31IN4O. The number of nitrogens with zero attached hydrogens (tertiary/aromatic N) is 2. The lowest BCUT2D eigenvalue weighted by atomic mass is 9.85. The third-order valence-electron chi connectivity index (χ3n) is 4.96. The van der Waals surface area contributed by atoms with Crippen molar-refractivity contribution >= 4 is 29.9 Å². The van der Waals surface area contributed by atoms with Gasteiger partial charge in [0, 0.05) is 38.9 Å². The highest BCUT2D eigenvalue weighted by Gasteiger charge is 2.34. The first-order valence-corrected chi connectivity index (χ1v) is 7.86. The second-order valence-corrected chi connectivity index (χ2v) is 6.33. The highest BCUT2D eigenvalue weighted by molar-refractivity contribution is 14.0. The average molecular weight is 410 g/mol. The first kappa shape index (κ1) is 19.0. The van der Waals surface area contributed by atoms with E-state index in [0.717, 1.165) is 51.0 Å². The summed E-state index contributed by atoms with van der Waals surface area (Å²) in [7, 11) is 6.18. The largest absolute Gasteiger partial charge is 0.381 e. The molecule has 0 unspecified atom stereocenters. The van der Waals surface area contributed by atoms with Gasteiger partial charge in [-0.15, -0.1) is 24.0 Å². The van der Waals surface area contributed by atoms with Gasteiger partial charge in [-0.25, -0.2) is 0 Å². The van der Waals surface area contributed by atoms with Crippen molar-refractivity contribution in [3.05, 3.63) is 0 Å². The van der Waals surface area contributed by atoms with E-state index < -0.39 is 0 Å². The molecule has 124 valence electrons. The highest BCUT2D eigenvalue weighted by atomic mass is 127. The Balaban J connectivity index is 0.00000220. The molecule has 21 heavy (non-hydrogen) atoms. The van der Waals surface area contributed by atoms with Gasteiger partial charge in [-0.2, -0.15) is 0 Å². The predicted octanol–water partition coefficient (Wildman–Crippen LogP) is 1.68. The molecule has 2 N–H and O–H groups in total. The summed E-state index contributed by atoms with van der Waals surface area (Å²) < 4.78 is 5.51. The van der Waals surface area contributed by atoms with Gasteiger partial charge in [0.25, 0.3) is 0 Å². The maximum Gasteiger partial charge on any atom is 0.191 e. The van der Waals surface area contributed by atoms with Crippen LogP contribution in [0.15, 0.2) is 4.99 Å². The van der Waals surface area contributed by atoms with E-state index in [1.165, 1.54) is 19.3 Å². The van der Waals surface area contributed by atoms with Gasteiger partial charge in [-0.05, 0) is 45.7 Å². The number of rotatable bonds is 5. The summed E-state index contributed by atoms with van der Waals surface area (Å²) in [5, 5.41) is 6.96. The minimum Gasteiger partial charge on any atom is -0.381 e. The third-order valence-corrected chi connectivity index (χ3v) is 4.96. The molecule has 5 nitrogen and oxygen atoms in total. The fourth-order valence-corrected chi connectivity index (χ4v) is 2.94. The van der Waals surface area contributed by atoms with Crippen molar-refractivity contribution in [3.63, 3.8) is 0 Å². The van der Waals surface area contributed by atoms with E-state index in [4.69, 9.17) is 4.74 Å². The molecule has 1 aliphatic carbocycles. The number of likely N-dealkylation sites (N-methyl/N-ethyl adjacent to an activating group) is 1. The summed E-state index contributed by atoms with van der Waals surface area (Å²) in [6.07, 6.45) is 6.27. The maximum atomic E-state index is 5.51. The molecule has 0 aromatic heterocycles. The zero-order chi connectivity index (χ0) is 14.4. The van der Waals surface area contributed by atoms with Crippen LogP contribution < -0.4 is 10.6 Å². The summed E-state index contributed by atoms with van der Waals surface area (Å²) in [5.41, 5.74) is 0.187.